The summed E-state index contributed by atoms with van der Waals surface area (Å²) in [4.78, 5) is 0. The van der Waals surface area contributed by atoms with Crippen LogP contribution in [0, 0.1) is 11.7 Å². The van der Waals surface area contributed by atoms with E-state index in [0.29, 0.717) is 19.0 Å². The number of hydrogen-bond donors (Lipinski definition) is 2. The van der Waals surface area contributed by atoms with E-state index in [0.717, 1.165) is 12.8 Å². The number of halogens is 1. The maximum Gasteiger partial charge on any atom is 0.279 e. The average molecular weight is 316 g/mol. The molecule has 1 aliphatic rings. The summed E-state index contributed by atoms with van der Waals surface area (Å²) in [6, 6.07) is 5.80. The van der Waals surface area contributed by atoms with E-state index in [9.17, 15) is 17.9 Å². The van der Waals surface area contributed by atoms with Crippen molar-refractivity contribution in [2.45, 2.75) is 25.9 Å². The average Bonchev–Trinajstić information content (AvgIpc) is 2.45. The molecule has 0 bridgehead atoms. The lowest BCUT2D eigenvalue weighted by Crippen LogP contribution is -2.46. The molecule has 2 atom stereocenters. The smallest absolute Gasteiger partial charge is 0.279 e. The van der Waals surface area contributed by atoms with Crippen molar-refractivity contribution in [2.24, 2.45) is 5.92 Å². The Kier molecular flexibility index (Phi) is 5.32. The van der Waals surface area contributed by atoms with Gasteiger partial charge in [-0.2, -0.15) is 17.4 Å². The van der Waals surface area contributed by atoms with Gasteiger partial charge in [0, 0.05) is 25.2 Å². The molecular formula is C14H21FN2O3S. The van der Waals surface area contributed by atoms with E-state index in [2.05, 4.69) is 4.72 Å². The maximum atomic E-state index is 13.5. The number of rotatable bonds is 5. The van der Waals surface area contributed by atoms with Gasteiger partial charge in [0.05, 0.1) is 6.10 Å². The van der Waals surface area contributed by atoms with Crippen molar-refractivity contribution in [3.8, 4) is 0 Å². The van der Waals surface area contributed by atoms with Gasteiger partial charge in [0.15, 0.2) is 0 Å². The Morgan fingerprint density at radius 1 is 1.48 bits per heavy atom. The van der Waals surface area contributed by atoms with Crippen molar-refractivity contribution in [3.63, 3.8) is 0 Å². The highest BCUT2D eigenvalue weighted by Crippen LogP contribution is 2.19. The SMILES string of the molecule is CC1CCCN(S(=O)(=O)NCC(O)c2ccccc2F)C1. The number of aliphatic hydroxyl groups is 1. The fourth-order valence-corrected chi connectivity index (χ4v) is 3.87. The molecule has 1 aromatic rings. The van der Waals surface area contributed by atoms with E-state index in [1.54, 1.807) is 6.07 Å². The molecule has 2 rings (SSSR count). The largest absolute Gasteiger partial charge is 0.387 e. The third kappa shape index (κ3) is 4.23. The molecule has 1 heterocycles. The maximum absolute atomic E-state index is 13.5. The van der Waals surface area contributed by atoms with E-state index in [1.165, 1.54) is 22.5 Å². The van der Waals surface area contributed by atoms with Gasteiger partial charge in [-0.15, -0.1) is 0 Å². The van der Waals surface area contributed by atoms with Crippen LogP contribution in [-0.4, -0.2) is 37.5 Å². The molecule has 118 valence electrons. The molecule has 1 fully saturated rings. The molecule has 2 unspecified atom stereocenters. The highest BCUT2D eigenvalue weighted by molar-refractivity contribution is 7.87. The molecule has 1 aromatic carbocycles. The van der Waals surface area contributed by atoms with Crippen LogP contribution in [0.25, 0.3) is 0 Å². The predicted octanol–water partition coefficient (Wildman–Crippen LogP) is 1.43. The van der Waals surface area contributed by atoms with Gasteiger partial charge in [0.2, 0.25) is 0 Å². The van der Waals surface area contributed by atoms with Crippen LogP contribution in [0.2, 0.25) is 0 Å². The minimum atomic E-state index is -3.63. The van der Waals surface area contributed by atoms with E-state index in [-0.39, 0.29) is 12.1 Å². The van der Waals surface area contributed by atoms with Gasteiger partial charge in [-0.05, 0) is 24.8 Å². The van der Waals surface area contributed by atoms with Crippen molar-refractivity contribution in [1.29, 1.82) is 0 Å². The molecule has 0 aliphatic carbocycles. The van der Waals surface area contributed by atoms with Crippen molar-refractivity contribution in [3.05, 3.63) is 35.6 Å². The minimum Gasteiger partial charge on any atom is -0.387 e. The van der Waals surface area contributed by atoms with Crippen LogP contribution in [0.15, 0.2) is 24.3 Å². The van der Waals surface area contributed by atoms with Gasteiger partial charge in [-0.25, -0.2) is 4.39 Å². The molecule has 21 heavy (non-hydrogen) atoms. The standard InChI is InChI=1S/C14H21FN2O3S/c1-11-5-4-8-17(10-11)21(19,20)16-9-14(18)12-6-2-3-7-13(12)15/h2-3,6-7,11,14,16,18H,4-5,8-10H2,1H3. The molecule has 5 nitrogen and oxygen atoms in total. The number of aliphatic hydroxyl groups excluding tert-OH is 1. The first-order chi connectivity index (χ1) is 9.90. The Labute approximate surface area is 125 Å². The van der Waals surface area contributed by atoms with Crippen LogP contribution in [0.4, 0.5) is 4.39 Å². The second-order valence-electron chi connectivity index (χ2n) is 5.50. The molecule has 0 amide bonds. The lowest BCUT2D eigenvalue weighted by Gasteiger charge is -2.30. The summed E-state index contributed by atoms with van der Waals surface area (Å²) < 4.78 is 41.6. The number of hydrogen-bond acceptors (Lipinski definition) is 3. The summed E-state index contributed by atoms with van der Waals surface area (Å²) >= 11 is 0. The van der Waals surface area contributed by atoms with Crippen LogP contribution in [-0.2, 0) is 10.2 Å². The van der Waals surface area contributed by atoms with E-state index in [4.69, 9.17) is 0 Å². The summed E-state index contributed by atoms with van der Waals surface area (Å²) in [7, 11) is -3.63. The van der Waals surface area contributed by atoms with Crippen LogP contribution < -0.4 is 4.72 Å². The molecule has 0 saturated carbocycles. The van der Waals surface area contributed by atoms with Gasteiger partial charge >= 0.3 is 0 Å². The monoisotopic (exact) mass is 316 g/mol. The fourth-order valence-electron chi connectivity index (χ4n) is 2.50. The first kappa shape index (κ1) is 16.4. The highest BCUT2D eigenvalue weighted by atomic mass is 32.2. The summed E-state index contributed by atoms with van der Waals surface area (Å²) in [6.45, 7) is 2.73. The second-order valence-corrected chi connectivity index (χ2v) is 7.25. The zero-order chi connectivity index (χ0) is 15.5. The summed E-state index contributed by atoms with van der Waals surface area (Å²) in [6.07, 6.45) is 0.644. The molecule has 7 heteroatoms. The van der Waals surface area contributed by atoms with E-state index < -0.39 is 22.1 Å². The summed E-state index contributed by atoms with van der Waals surface area (Å²) in [5.74, 6) is -0.220. The fraction of sp³-hybridized carbons (Fsp3) is 0.571. The first-order valence-corrected chi connectivity index (χ1v) is 8.51. The molecule has 0 spiro atoms. The Balaban J connectivity index is 1.97. The van der Waals surface area contributed by atoms with Crippen molar-refractivity contribution in [1.82, 2.24) is 9.03 Å². The third-order valence-electron chi connectivity index (χ3n) is 3.68. The topological polar surface area (TPSA) is 69.6 Å². The van der Waals surface area contributed by atoms with Crippen LogP contribution in [0.3, 0.4) is 0 Å². The van der Waals surface area contributed by atoms with E-state index >= 15 is 0 Å². The van der Waals surface area contributed by atoms with Gasteiger partial charge < -0.3 is 5.11 Å². The van der Waals surface area contributed by atoms with E-state index in [1.807, 2.05) is 6.92 Å². The molecule has 2 N–H and O–H groups in total. The van der Waals surface area contributed by atoms with Gasteiger partial charge in [0.25, 0.3) is 10.2 Å². The molecule has 0 radical (unpaired) electrons. The zero-order valence-corrected chi connectivity index (χ0v) is 12.8. The van der Waals surface area contributed by atoms with Crippen LogP contribution in [0.1, 0.15) is 31.4 Å². The Hall–Kier alpha value is -1.02. The molecule has 1 saturated heterocycles. The van der Waals surface area contributed by atoms with Gasteiger partial charge in [0.1, 0.15) is 5.82 Å². The van der Waals surface area contributed by atoms with Gasteiger partial charge in [-0.1, -0.05) is 25.1 Å². The summed E-state index contributed by atoms with van der Waals surface area (Å²) in [5.41, 5.74) is 0.0900. The quantitative estimate of drug-likeness (QED) is 0.863. The normalized spacial score (nSPS) is 22.1. The Bertz CT molecular complexity index is 579. The number of benzene rings is 1. The van der Waals surface area contributed by atoms with Crippen molar-refractivity contribution >= 4 is 10.2 Å². The Morgan fingerprint density at radius 3 is 2.86 bits per heavy atom. The van der Waals surface area contributed by atoms with Gasteiger partial charge in [-0.3, -0.25) is 0 Å². The second kappa shape index (κ2) is 6.83. The lowest BCUT2D eigenvalue weighted by atomic mass is 10.0. The zero-order valence-electron chi connectivity index (χ0n) is 12.0. The van der Waals surface area contributed by atoms with Crippen molar-refractivity contribution < 1.29 is 17.9 Å². The first-order valence-electron chi connectivity index (χ1n) is 7.07. The lowest BCUT2D eigenvalue weighted by molar-refractivity contribution is 0.175. The Morgan fingerprint density at radius 2 is 2.19 bits per heavy atom. The highest BCUT2D eigenvalue weighted by Gasteiger charge is 2.27. The number of piperidine rings is 1. The minimum absolute atomic E-state index is 0.0900. The molecule has 0 aromatic heterocycles. The summed E-state index contributed by atoms with van der Waals surface area (Å²) in [5, 5.41) is 9.93. The van der Waals surface area contributed by atoms with Crippen LogP contribution >= 0.6 is 0 Å². The van der Waals surface area contributed by atoms with Crippen LogP contribution in [0.5, 0.6) is 0 Å². The van der Waals surface area contributed by atoms with Crippen molar-refractivity contribution in [2.75, 3.05) is 19.6 Å². The molecule has 1 aliphatic heterocycles. The number of nitrogens with zero attached hydrogens (tertiary/aromatic N) is 1. The predicted molar refractivity (Wildman–Crippen MR) is 78.3 cm³/mol. The third-order valence-corrected chi connectivity index (χ3v) is 5.23. The number of nitrogens with one attached hydrogen (secondary N) is 1. The molecular weight excluding hydrogens is 295 g/mol.